The van der Waals surface area contributed by atoms with Crippen molar-refractivity contribution in [2.75, 3.05) is 33.7 Å². The molecular weight excluding hydrogens is 226 g/mol. The minimum absolute atomic E-state index is 0.196. The first-order chi connectivity index (χ1) is 8.72. The summed E-state index contributed by atoms with van der Waals surface area (Å²) in [5.74, 6) is 0. The molecule has 5 nitrogen and oxygen atoms in total. The molecule has 1 aromatic heterocycles. The molecular formula is C13H23N5. The molecule has 2 N–H and O–H groups in total. The number of nitrogens with zero attached hydrogens (tertiary/aromatic N) is 4. The van der Waals surface area contributed by atoms with E-state index >= 15 is 0 Å². The zero-order valence-electron chi connectivity index (χ0n) is 11.3. The second-order valence-corrected chi connectivity index (χ2v) is 5.09. The van der Waals surface area contributed by atoms with Gasteiger partial charge in [0.15, 0.2) is 0 Å². The molecule has 2 rings (SSSR count). The Hall–Kier alpha value is -1.04. The molecule has 1 aliphatic heterocycles. The summed E-state index contributed by atoms with van der Waals surface area (Å²) in [7, 11) is 4.34. The number of likely N-dealkylation sites (N-methyl/N-ethyl adjacent to an activating group) is 1. The van der Waals surface area contributed by atoms with Crippen LogP contribution in [-0.2, 0) is 0 Å². The lowest BCUT2D eigenvalue weighted by molar-refractivity contribution is 0.108. The molecule has 0 saturated carbocycles. The first kappa shape index (κ1) is 13.4. The van der Waals surface area contributed by atoms with E-state index in [2.05, 4.69) is 33.9 Å². The topological polar surface area (TPSA) is 58.3 Å². The van der Waals surface area contributed by atoms with Gasteiger partial charge in [-0.15, -0.1) is 0 Å². The molecule has 0 spiro atoms. The summed E-state index contributed by atoms with van der Waals surface area (Å²) in [6.45, 7) is 2.92. The fourth-order valence-corrected chi connectivity index (χ4v) is 2.65. The van der Waals surface area contributed by atoms with Crippen LogP contribution in [-0.4, -0.2) is 59.5 Å². The van der Waals surface area contributed by atoms with Gasteiger partial charge in [0.2, 0.25) is 0 Å². The van der Waals surface area contributed by atoms with Crippen LogP contribution in [0.4, 0.5) is 0 Å². The minimum Gasteiger partial charge on any atom is -0.329 e. The van der Waals surface area contributed by atoms with Crippen LogP contribution < -0.4 is 5.73 Å². The Morgan fingerprint density at radius 1 is 1.50 bits per heavy atom. The number of likely N-dealkylation sites (tertiary alicyclic amines) is 1. The van der Waals surface area contributed by atoms with Gasteiger partial charge >= 0.3 is 0 Å². The highest BCUT2D eigenvalue weighted by molar-refractivity contribution is 5.06. The molecule has 1 aliphatic rings. The molecule has 1 atom stereocenters. The molecule has 0 amide bonds. The summed E-state index contributed by atoms with van der Waals surface area (Å²) in [5.41, 5.74) is 6.95. The predicted molar refractivity (Wildman–Crippen MR) is 72.1 cm³/mol. The Bertz CT molecular complexity index is 348. The monoisotopic (exact) mass is 249 g/mol. The van der Waals surface area contributed by atoms with Crippen LogP contribution in [0, 0.1) is 0 Å². The summed E-state index contributed by atoms with van der Waals surface area (Å²) in [6.07, 6.45) is 5.79. The Kier molecular flexibility index (Phi) is 4.63. The van der Waals surface area contributed by atoms with E-state index in [-0.39, 0.29) is 6.04 Å². The first-order valence-electron chi connectivity index (χ1n) is 6.59. The number of hydrogen-bond donors (Lipinski definition) is 1. The van der Waals surface area contributed by atoms with Crippen molar-refractivity contribution in [3.63, 3.8) is 0 Å². The Labute approximate surface area is 109 Å². The Morgan fingerprint density at radius 2 is 2.22 bits per heavy atom. The van der Waals surface area contributed by atoms with Gasteiger partial charge in [-0.05, 0) is 46.1 Å². The Morgan fingerprint density at radius 3 is 2.78 bits per heavy atom. The molecule has 0 bridgehead atoms. The lowest BCUT2D eigenvalue weighted by atomic mass is 10.0. The molecule has 5 heteroatoms. The van der Waals surface area contributed by atoms with Gasteiger partial charge in [0.1, 0.15) is 6.33 Å². The van der Waals surface area contributed by atoms with Gasteiger partial charge in [0.05, 0.1) is 11.7 Å². The van der Waals surface area contributed by atoms with E-state index in [0.29, 0.717) is 12.6 Å². The smallest absolute Gasteiger partial charge is 0.115 e. The van der Waals surface area contributed by atoms with Crippen molar-refractivity contribution < 1.29 is 0 Å². The van der Waals surface area contributed by atoms with Gasteiger partial charge in [-0.3, -0.25) is 4.90 Å². The van der Waals surface area contributed by atoms with Gasteiger partial charge in [0.25, 0.3) is 0 Å². The molecule has 0 radical (unpaired) electrons. The minimum atomic E-state index is 0.196. The molecule has 2 heterocycles. The van der Waals surface area contributed by atoms with Crippen LogP contribution >= 0.6 is 0 Å². The molecule has 1 fully saturated rings. The summed E-state index contributed by atoms with van der Waals surface area (Å²) in [6, 6.07) is 2.76. The highest BCUT2D eigenvalue weighted by Crippen LogP contribution is 2.23. The van der Waals surface area contributed by atoms with E-state index in [4.69, 9.17) is 5.73 Å². The fraction of sp³-hybridized carbons (Fsp3) is 0.692. The van der Waals surface area contributed by atoms with Gasteiger partial charge in [0, 0.05) is 18.8 Å². The predicted octanol–water partition coefficient (Wildman–Crippen LogP) is 0.502. The number of nitrogens with two attached hydrogens (primary N) is 1. The van der Waals surface area contributed by atoms with E-state index in [9.17, 15) is 0 Å². The van der Waals surface area contributed by atoms with E-state index in [1.165, 1.54) is 12.8 Å². The van der Waals surface area contributed by atoms with Crippen molar-refractivity contribution in [1.29, 1.82) is 0 Å². The zero-order chi connectivity index (χ0) is 13.0. The average Bonchev–Trinajstić information content (AvgIpc) is 2.41. The van der Waals surface area contributed by atoms with Crippen molar-refractivity contribution in [3.05, 3.63) is 24.3 Å². The maximum Gasteiger partial charge on any atom is 0.115 e. The van der Waals surface area contributed by atoms with E-state index in [0.717, 1.165) is 18.8 Å². The SMILES string of the molecule is CN1CCC(N(C)C(CN)c2ccncn2)CC1. The van der Waals surface area contributed by atoms with Crippen molar-refractivity contribution in [3.8, 4) is 0 Å². The maximum atomic E-state index is 5.93. The van der Waals surface area contributed by atoms with Crippen LogP contribution in [0.3, 0.4) is 0 Å². The highest BCUT2D eigenvalue weighted by atomic mass is 15.2. The molecule has 0 aromatic carbocycles. The van der Waals surface area contributed by atoms with Crippen LogP contribution in [0.2, 0.25) is 0 Å². The summed E-state index contributed by atoms with van der Waals surface area (Å²) < 4.78 is 0. The molecule has 1 saturated heterocycles. The van der Waals surface area contributed by atoms with E-state index in [1.807, 2.05) is 6.07 Å². The number of rotatable bonds is 4. The molecule has 18 heavy (non-hydrogen) atoms. The highest BCUT2D eigenvalue weighted by Gasteiger charge is 2.26. The lowest BCUT2D eigenvalue weighted by Gasteiger charge is -2.38. The van der Waals surface area contributed by atoms with Crippen LogP contribution in [0.1, 0.15) is 24.6 Å². The summed E-state index contributed by atoms with van der Waals surface area (Å²) in [5, 5.41) is 0. The molecule has 1 unspecified atom stereocenters. The fourth-order valence-electron chi connectivity index (χ4n) is 2.65. The van der Waals surface area contributed by atoms with E-state index < -0.39 is 0 Å². The number of hydrogen-bond acceptors (Lipinski definition) is 5. The van der Waals surface area contributed by atoms with Crippen LogP contribution in [0.5, 0.6) is 0 Å². The van der Waals surface area contributed by atoms with Crippen molar-refractivity contribution in [2.24, 2.45) is 5.73 Å². The maximum absolute atomic E-state index is 5.93. The lowest BCUT2D eigenvalue weighted by Crippen LogP contribution is -2.45. The van der Waals surface area contributed by atoms with Crippen molar-refractivity contribution in [2.45, 2.75) is 24.9 Å². The summed E-state index contributed by atoms with van der Waals surface area (Å²) >= 11 is 0. The Balaban J connectivity index is 2.04. The molecule has 100 valence electrons. The van der Waals surface area contributed by atoms with Crippen molar-refractivity contribution in [1.82, 2.24) is 19.8 Å². The van der Waals surface area contributed by atoms with Gasteiger partial charge in [-0.25, -0.2) is 9.97 Å². The molecule has 0 aliphatic carbocycles. The zero-order valence-corrected chi connectivity index (χ0v) is 11.3. The summed E-state index contributed by atoms with van der Waals surface area (Å²) in [4.78, 5) is 13.1. The largest absolute Gasteiger partial charge is 0.329 e. The quantitative estimate of drug-likeness (QED) is 0.842. The van der Waals surface area contributed by atoms with Crippen molar-refractivity contribution >= 4 is 0 Å². The average molecular weight is 249 g/mol. The van der Waals surface area contributed by atoms with Gasteiger partial charge < -0.3 is 10.6 Å². The second kappa shape index (κ2) is 6.22. The number of aromatic nitrogens is 2. The molecule has 1 aromatic rings. The van der Waals surface area contributed by atoms with E-state index in [1.54, 1.807) is 12.5 Å². The van der Waals surface area contributed by atoms with Gasteiger partial charge in [-0.1, -0.05) is 0 Å². The normalized spacial score (nSPS) is 20.2. The van der Waals surface area contributed by atoms with Crippen LogP contribution in [0.15, 0.2) is 18.6 Å². The van der Waals surface area contributed by atoms with Crippen LogP contribution in [0.25, 0.3) is 0 Å². The third-order valence-electron chi connectivity index (χ3n) is 3.93. The first-order valence-corrected chi connectivity index (χ1v) is 6.59. The second-order valence-electron chi connectivity index (χ2n) is 5.09. The third kappa shape index (κ3) is 3.04. The third-order valence-corrected chi connectivity index (χ3v) is 3.93. The number of piperidine rings is 1. The standard InChI is InChI=1S/C13H23N5/c1-17-7-4-11(5-8-17)18(2)13(9-14)12-3-6-15-10-16-12/h3,6,10-11,13H,4-5,7-9,14H2,1-2H3. The van der Waals surface area contributed by atoms with Gasteiger partial charge in [-0.2, -0.15) is 0 Å².